The molecule has 0 amide bonds. The number of ketones is 1. The van der Waals surface area contributed by atoms with Crippen LogP contribution in [-0.4, -0.2) is 22.9 Å². The first kappa shape index (κ1) is 18.0. The molecule has 1 unspecified atom stereocenters. The Labute approximate surface area is 164 Å². The van der Waals surface area contributed by atoms with Crippen LogP contribution in [0.5, 0.6) is 5.75 Å². The minimum Gasteiger partial charge on any atom is -0.497 e. The van der Waals surface area contributed by atoms with Crippen LogP contribution in [0, 0.1) is 5.92 Å². The molecule has 1 aromatic heterocycles. The van der Waals surface area contributed by atoms with Crippen molar-refractivity contribution in [3.8, 4) is 5.75 Å². The molecule has 0 aliphatic heterocycles. The van der Waals surface area contributed by atoms with Crippen LogP contribution < -0.4 is 15.4 Å². The third kappa shape index (κ3) is 3.81. The van der Waals surface area contributed by atoms with E-state index in [0.29, 0.717) is 23.8 Å². The van der Waals surface area contributed by atoms with Crippen molar-refractivity contribution in [1.82, 2.24) is 9.97 Å². The van der Waals surface area contributed by atoms with Gasteiger partial charge in [0.05, 0.1) is 18.4 Å². The van der Waals surface area contributed by atoms with Crippen LogP contribution >= 0.6 is 0 Å². The van der Waals surface area contributed by atoms with Gasteiger partial charge in [0.1, 0.15) is 11.6 Å². The summed E-state index contributed by atoms with van der Waals surface area (Å²) in [6.45, 7) is 2.07. The lowest BCUT2D eigenvalue weighted by molar-refractivity contribution is 0.0953. The van der Waals surface area contributed by atoms with E-state index in [4.69, 9.17) is 4.74 Å². The number of fused-ring (bicyclic) bond motifs is 1. The monoisotopic (exact) mass is 374 g/mol. The van der Waals surface area contributed by atoms with Crippen molar-refractivity contribution in [3.63, 3.8) is 0 Å². The Morgan fingerprint density at radius 1 is 0.929 bits per heavy atom. The molecule has 0 radical (unpaired) electrons. The predicted octanol–water partition coefficient (Wildman–Crippen LogP) is 4.74. The van der Waals surface area contributed by atoms with Crippen molar-refractivity contribution in [2.24, 2.45) is 5.92 Å². The summed E-state index contributed by atoms with van der Waals surface area (Å²) in [4.78, 5) is 21.9. The van der Waals surface area contributed by atoms with Crippen LogP contribution in [0.15, 0.2) is 54.6 Å². The molecule has 1 aliphatic carbocycles. The molecule has 6 heteroatoms. The molecule has 0 bridgehead atoms. The molecule has 1 aliphatic rings. The summed E-state index contributed by atoms with van der Waals surface area (Å²) >= 11 is 0. The highest BCUT2D eigenvalue weighted by Crippen LogP contribution is 2.32. The average Bonchev–Trinajstić information content (AvgIpc) is 2.68. The van der Waals surface area contributed by atoms with Crippen LogP contribution in [0.4, 0.5) is 23.1 Å². The Kier molecular flexibility index (Phi) is 4.93. The molecule has 1 heterocycles. The van der Waals surface area contributed by atoms with Crippen molar-refractivity contribution >= 4 is 28.9 Å². The number of hydrogen-bond acceptors (Lipinski definition) is 6. The topological polar surface area (TPSA) is 76.1 Å². The van der Waals surface area contributed by atoms with E-state index >= 15 is 0 Å². The normalized spacial score (nSPS) is 15.6. The van der Waals surface area contributed by atoms with Gasteiger partial charge in [-0.3, -0.25) is 4.79 Å². The summed E-state index contributed by atoms with van der Waals surface area (Å²) < 4.78 is 5.20. The van der Waals surface area contributed by atoms with Crippen LogP contribution in [-0.2, 0) is 6.42 Å². The zero-order valence-corrected chi connectivity index (χ0v) is 15.9. The first-order valence-electron chi connectivity index (χ1n) is 9.29. The second kappa shape index (κ2) is 7.68. The van der Waals surface area contributed by atoms with Gasteiger partial charge in [0, 0.05) is 17.8 Å². The molecule has 0 saturated carbocycles. The predicted molar refractivity (Wildman–Crippen MR) is 110 cm³/mol. The van der Waals surface area contributed by atoms with Gasteiger partial charge in [-0.1, -0.05) is 25.1 Å². The standard InChI is InChI=1S/C22H22N4O2/c1-14-12-18-20(19(27)13-14)21(23-15-6-4-3-5-7-15)26-22(25-18)24-16-8-10-17(28-2)11-9-16/h3-11,14H,12-13H2,1-2H3,(H2,23,24,25,26). The number of hydrogen-bond donors (Lipinski definition) is 2. The summed E-state index contributed by atoms with van der Waals surface area (Å²) in [6, 6.07) is 17.3. The molecule has 2 aromatic carbocycles. The Morgan fingerprint density at radius 3 is 2.36 bits per heavy atom. The van der Waals surface area contributed by atoms with E-state index in [9.17, 15) is 4.79 Å². The number of carbonyl (C=O) groups excluding carboxylic acids is 1. The highest BCUT2D eigenvalue weighted by atomic mass is 16.5. The molecule has 28 heavy (non-hydrogen) atoms. The zero-order valence-electron chi connectivity index (χ0n) is 15.9. The van der Waals surface area contributed by atoms with Gasteiger partial charge in [0.15, 0.2) is 5.78 Å². The Morgan fingerprint density at radius 2 is 1.64 bits per heavy atom. The molecule has 0 saturated heterocycles. The lowest BCUT2D eigenvalue weighted by atomic mass is 9.87. The number of para-hydroxylation sites is 1. The van der Waals surface area contributed by atoms with E-state index in [-0.39, 0.29) is 11.7 Å². The number of nitrogens with zero attached hydrogens (tertiary/aromatic N) is 2. The fraction of sp³-hybridized carbons (Fsp3) is 0.227. The minimum absolute atomic E-state index is 0.0863. The summed E-state index contributed by atoms with van der Waals surface area (Å²) in [7, 11) is 1.63. The largest absolute Gasteiger partial charge is 0.497 e. The Bertz CT molecular complexity index is 987. The molecule has 3 aromatic rings. The van der Waals surface area contributed by atoms with Gasteiger partial charge in [-0.15, -0.1) is 0 Å². The number of aromatic nitrogens is 2. The molecule has 2 N–H and O–H groups in total. The maximum absolute atomic E-state index is 12.7. The number of carbonyl (C=O) groups is 1. The number of rotatable bonds is 5. The number of anilines is 4. The van der Waals surface area contributed by atoms with Crippen molar-refractivity contribution in [2.45, 2.75) is 19.8 Å². The van der Waals surface area contributed by atoms with E-state index in [0.717, 1.165) is 29.2 Å². The number of nitrogens with one attached hydrogen (secondary N) is 2. The van der Waals surface area contributed by atoms with Gasteiger partial charge in [-0.2, -0.15) is 4.98 Å². The van der Waals surface area contributed by atoms with Gasteiger partial charge in [-0.05, 0) is 48.7 Å². The first-order valence-corrected chi connectivity index (χ1v) is 9.29. The van der Waals surface area contributed by atoms with Crippen LogP contribution in [0.25, 0.3) is 0 Å². The van der Waals surface area contributed by atoms with Gasteiger partial charge in [0.2, 0.25) is 5.95 Å². The third-order valence-corrected chi connectivity index (χ3v) is 4.72. The van der Waals surface area contributed by atoms with Crippen molar-refractivity contribution in [3.05, 3.63) is 65.9 Å². The molecule has 0 fully saturated rings. The molecule has 4 rings (SSSR count). The van der Waals surface area contributed by atoms with Crippen molar-refractivity contribution < 1.29 is 9.53 Å². The zero-order chi connectivity index (χ0) is 19.5. The third-order valence-electron chi connectivity index (χ3n) is 4.72. The second-order valence-corrected chi connectivity index (χ2v) is 7.00. The van der Waals surface area contributed by atoms with E-state index in [1.807, 2.05) is 54.6 Å². The summed E-state index contributed by atoms with van der Waals surface area (Å²) in [5, 5.41) is 6.52. The molecule has 1 atom stereocenters. The Balaban J connectivity index is 1.71. The highest BCUT2D eigenvalue weighted by Gasteiger charge is 2.28. The lowest BCUT2D eigenvalue weighted by Gasteiger charge is -2.23. The van der Waals surface area contributed by atoms with E-state index in [1.54, 1.807) is 7.11 Å². The fourth-order valence-electron chi connectivity index (χ4n) is 3.38. The SMILES string of the molecule is COc1ccc(Nc2nc3c(c(Nc4ccccc4)n2)C(=O)CC(C)C3)cc1. The number of benzene rings is 2. The summed E-state index contributed by atoms with van der Waals surface area (Å²) in [6.07, 6.45) is 1.27. The van der Waals surface area contributed by atoms with E-state index in [2.05, 4.69) is 27.5 Å². The number of methoxy groups -OCH3 is 1. The van der Waals surface area contributed by atoms with Gasteiger partial charge in [0.25, 0.3) is 0 Å². The minimum atomic E-state index is 0.0863. The smallest absolute Gasteiger partial charge is 0.229 e. The second-order valence-electron chi connectivity index (χ2n) is 7.00. The number of ether oxygens (including phenoxy) is 1. The first-order chi connectivity index (χ1) is 13.6. The fourth-order valence-corrected chi connectivity index (χ4v) is 3.38. The van der Waals surface area contributed by atoms with Crippen molar-refractivity contribution in [2.75, 3.05) is 17.7 Å². The van der Waals surface area contributed by atoms with E-state index < -0.39 is 0 Å². The molecule has 142 valence electrons. The highest BCUT2D eigenvalue weighted by molar-refractivity contribution is 6.03. The quantitative estimate of drug-likeness (QED) is 0.672. The summed E-state index contributed by atoms with van der Waals surface area (Å²) in [5.41, 5.74) is 3.11. The van der Waals surface area contributed by atoms with Crippen molar-refractivity contribution in [1.29, 1.82) is 0 Å². The molecular weight excluding hydrogens is 352 g/mol. The van der Waals surface area contributed by atoms with E-state index in [1.165, 1.54) is 0 Å². The molecular formula is C22H22N4O2. The van der Waals surface area contributed by atoms with Gasteiger partial charge < -0.3 is 15.4 Å². The van der Waals surface area contributed by atoms with Crippen LogP contribution in [0.3, 0.4) is 0 Å². The van der Waals surface area contributed by atoms with Gasteiger partial charge in [-0.25, -0.2) is 4.98 Å². The Hall–Kier alpha value is -3.41. The van der Waals surface area contributed by atoms with Gasteiger partial charge >= 0.3 is 0 Å². The molecule has 6 nitrogen and oxygen atoms in total. The average molecular weight is 374 g/mol. The lowest BCUT2D eigenvalue weighted by Crippen LogP contribution is -2.22. The maximum atomic E-state index is 12.7. The summed E-state index contributed by atoms with van der Waals surface area (Å²) in [5.74, 6) is 2.15. The maximum Gasteiger partial charge on any atom is 0.229 e. The van der Waals surface area contributed by atoms with Crippen LogP contribution in [0.2, 0.25) is 0 Å². The number of Topliss-reactive ketones (excluding diaryl/α,β-unsaturated/α-hetero) is 1. The molecule has 0 spiro atoms. The van der Waals surface area contributed by atoms with Crippen LogP contribution in [0.1, 0.15) is 29.4 Å².